The second-order valence-electron chi connectivity index (χ2n) is 1.37. The quantitative estimate of drug-likeness (QED) is 0.319. The van der Waals surface area contributed by atoms with Crippen molar-refractivity contribution in [2.24, 2.45) is 0 Å². The molecule has 0 rings (SSSR count). The molecule has 0 saturated carbocycles. The summed E-state index contributed by atoms with van der Waals surface area (Å²) in [5.74, 6) is 0. The first-order valence-corrected chi connectivity index (χ1v) is 1.87. The normalized spacial score (nSPS) is 5.83. The second-order valence-corrected chi connectivity index (χ2v) is 1.37. The van der Waals surface area contributed by atoms with Gasteiger partial charge in [-0.15, -0.1) is 0 Å². The van der Waals surface area contributed by atoms with Crippen LogP contribution >= 0.6 is 0 Å². The SMILES string of the molecule is CC=C(C)C.[H-].[H-].[Mg+2]. The average Bonchev–Trinajstić information content (AvgIpc) is 1.38. The molecule has 6 heavy (non-hydrogen) atoms. The summed E-state index contributed by atoms with van der Waals surface area (Å²) in [7, 11) is 0. The van der Waals surface area contributed by atoms with E-state index >= 15 is 0 Å². The fraction of sp³-hybridized carbons (Fsp3) is 0.600. The molecule has 0 aromatic rings. The Bertz CT molecular complexity index is 48.4. The molecular formula is C5H12Mg. The summed E-state index contributed by atoms with van der Waals surface area (Å²) >= 11 is 0. The minimum Gasteiger partial charge on any atom is -1.00 e. The third-order valence-corrected chi connectivity index (χ3v) is 0.577. The Kier molecular flexibility index (Phi) is 8.91. The fourth-order valence-electron chi connectivity index (χ4n) is 0. The van der Waals surface area contributed by atoms with Crippen LogP contribution in [0.25, 0.3) is 0 Å². The van der Waals surface area contributed by atoms with Crippen molar-refractivity contribution in [2.75, 3.05) is 0 Å². The molecule has 0 amide bonds. The maximum atomic E-state index is 2.08. The number of hydrogen-bond donors (Lipinski definition) is 0. The molecule has 0 nitrogen and oxygen atoms in total. The maximum Gasteiger partial charge on any atom is 2.00 e. The second kappa shape index (κ2) is 5.51. The molecule has 0 saturated heterocycles. The Balaban J connectivity index is -0.0000000267. The molecule has 0 aliphatic heterocycles. The number of allylic oxidation sites excluding steroid dienone is 2. The summed E-state index contributed by atoms with van der Waals surface area (Å²) in [6.07, 6.45) is 2.08. The summed E-state index contributed by atoms with van der Waals surface area (Å²) in [5.41, 5.74) is 1.38. The van der Waals surface area contributed by atoms with Gasteiger partial charge >= 0.3 is 23.1 Å². The Morgan fingerprint density at radius 3 is 1.67 bits per heavy atom. The first kappa shape index (κ1) is 9.71. The smallest absolute Gasteiger partial charge is 1.00 e. The maximum absolute atomic E-state index is 2.08. The van der Waals surface area contributed by atoms with E-state index in [1.807, 2.05) is 6.92 Å². The minimum absolute atomic E-state index is 0. The molecule has 0 aliphatic carbocycles. The van der Waals surface area contributed by atoms with E-state index in [1.165, 1.54) is 5.57 Å². The molecule has 0 radical (unpaired) electrons. The van der Waals surface area contributed by atoms with Crippen molar-refractivity contribution in [3.63, 3.8) is 0 Å². The van der Waals surface area contributed by atoms with E-state index in [0.717, 1.165) is 0 Å². The molecule has 0 bridgehead atoms. The van der Waals surface area contributed by atoms with E-state index in [9.17, 15) is 0 Å². The van der Waals surface area contributed by atoms with Gasteiger partial charge in [0.15, 0.2) is 0 Å². The van der Waals surface area contributed by atoms with Crippen molar-refractivity contribution in [1.82, 2.24) is 0 Å². The predicted octanol–water partition coefficient (Wildman–Crippen LogP) is 1.82. The zero-order chi connectivity index (χ0) is 4.28. The zero-order valence-electron chi connectivity index (χ0n) is 6.78. The van der Waals surface area contributed by atoms with Gasteiger partial charge in [-0.25, -0.2) is 0 Å². The van der Waals surface area contributed by atoms with Crippen LogP contribution in [-0.4, -0.2) is 23.1 Å². The molecule has 0 unspecified atom stereocenters. The van der Waals surface area contributed by atoms with Gasteiger partial charge in [0.2, 0.25) is 0 Å². The monoisotopic (exact) mass is 96.1 g/mol. The van der Waals surface area contributed by atoms with Crippen LogP contribution in [0.3, 0.4) is 0 Å². The Hall–Kier alpha value is 0.506. The first-order valence-electron chi connectivity index (χ1n) is 1.87. The molecule has 1 heteroatoms. The van der Waals surface area contributed by atoms with Crippen LogP contribution in [0.2, 0.25) is 0 Å². The molecule has 0 aliphatic rings. The van der Waals surface area contributed by atoms with Crippen LogP contribution in [0.1, 0.15) is 23.6 Å². The molecule has 0 N–H and O–H groups in total. The van der Waals surface area contributed by atoms with E-state index in [4.69, 9.17) is 0 Å². The van der Waals surface area contributed by atoms with Crippen molar-refractivity contribution < 1.29 is 2.85 Å². The van der Waals surface area contributed by atoms with Gasteiger partial charge in [-0.1, -0.05) is 11.6 Å². The van der Waals surface area contributed by atoms with E-state index in [1.54, 1.807) is 0 Å². The molecule has 0 spiro atoms. The van der Waals surface area contributed by atoms with Crippen LogP contribution in [-0.2, 0) is 0 Å². The van der Waals surface area contributed by atoms with E-state index in [0.29, 0.717) is 0 Å². The summed E-state index contributed by atoms with van der Waals surface area (Å²) in [6, 6.07) is 0. The number of rotatable bonds is 0. The summed E-state index contributed by atoms with van der Waals surface area (Å²) < 4.78 is 0. The van der Waals surface area contributed by atoms with Gasteiger partial charge in [-0.05, 0) is 20.8 Å². The first-order chi connectivity index (χ1) is 2.27. The summed E-state index contributed by atoms with van der Waals surface area (Å²) in [6.45, 7) is 6.20. The van der Waals surface area contributed by atoms with E-state index < -0.39 is 0 Å². The van der Waals surface area contributed by atoms with Crippen LogP contribution in [0.5, 0.6) is 0 Å². The van der Waals surface area contributed by atoms with Crippen molar-refractivity contribution in [3.05, 3.63) is 11.6 Å². The molecule has 0 heterocycles. The third-order valence-electron chi connectivity index (χ3n) is 0.577. The Morgan fingerprint density at radius 1 is 1.50 bits per heavy atom. The summed E-state index contributed by atoms with van der Waals surface area (Å²) in [5, 5.41) is 0. The molecular weight excluding hydrogens is 84.4 g/mol. The Labute approximate surface area is 58.7 Å². The number of hydrogen-bond acceptors (Lipinski definition) is 0. The molecule has 0 atom stereocenters. The predicted molar refractivity (Wildman–Crippen MR) is 33.1 cm³/mol. The van der Waals surface area contributed by atoms with Gasteiger partial charge in [0.25, 0.3) is 0 Å². The van der Waals surface area contributed by atoms with Crippen LogP contribution < -0.4 is 0 Å². The van der Waals surface area contributed by atoms with Gasteiger partial charge in [-0.2, -0.15) is 0 Å². The largest absolute Gasteiger partial charge is 2.00 e. The van der Waals surface area contributed by atoms with Crippen LogP contribution in [0.4, 0.5) is 0 Å². The van der Waals surface area contributed by atoms with E-state index in [2.05, 4.69) is 19.9 Å². The standard InChI is InChI=1S/C5H10.Mg.2H/c1-4-5(2)3;;;/h4H,1-3H3;;;/q;+2;2*-1. The summed E-state index contributed by atoms with van der Waals surface area (Å²) in [4.78, 5) is 0. The molecule has 0 fully saturated rings. The fourth-order valence-corrected chi connectivity index (χ4v) is 0. The topological polar surface area (TPSA) is 0 Å². The minimum atomic E-state index is 0. The third kappa shape index (κ3) is 8.82. The van der Waals surface area contributed by atoms with Crippen molar-refractivity contribution in [1.29, 1.82) is 0 Å². The zero-order valence-corrected chi connectivity index (χ0v) is 6.20. The Morgan fingerprint density at radius 2 is 1.67 bits per heavy atom. The van der Waals surface area contributed by atoms with E-state index in [-0.39, 0.29) is 25.9 Å². The molecule has 34 valence electrons. The van der Waals surface area contributed by atoms with Gasteiger partial charge in [0.1, 0.15) is 0 Å². The molecule has 0 aromatic heterocycles. The van der Waals surface area contributed by atoms with Gasteiger partial charge in [0.05, 0.1) is 0 Å². The van der Waals surface area contributed by atoms with Crippen molar-refractivity contribution in [2.45, 2.75) is 20.8 Å². The van der Waals surface area contributed by atoms with Crippen molar-refractivity contribution >= 4 is 23.1 Å². The van der Waals surface area contributed by atoms with Crippen LogP contribution in [0, 0.1) is 0 Å². The average molecular weight is 96.5 g/mol. The van der Waals surface area contributed by atoms with Gasteiger partial charge in [-0.3, -0.25) is 0 Å². The van der Waals surface area contributed by atoms with Crippen LogP contribution in [0.15, 0.2) is 11.6 Å². The van der Waals surface area contributed by atoms with Gasteiger partial charge < -0.3 is 2.85 Å². The molecule has 0 aromatic carbocycles. The van der Waals surface area contributed by atoms with Crippen molar-refractivity contribution in [3.8, 4) is 0 Å². The van der Waals surface area contributed by atoms with Gasteiger partial charge in [0, 0.05) is 0 Å².